The number of rotatable bonds is 4. The van der Waals surface area contributed by atoms with Crippen molar-refractivity contribution in [1.29, 1.82) is 0 Å². The van der Waals surface area contributed by atoms with Crippen molar-refractivity contribution in [2.24, 2.45) is 5.73 Å². The summed E-state index contributed by atoms with van der Waals surface area (Å²) in [7, 11) is 0. The molecule has 0 aliphatic rings. The Morgan fingerprint density at radius 3 is 2.74 bits per heavy atom. The lowest BCUT2D eigenvalue weighted by molar-refractivity contribution is 0.540. The van der Waals surface area contributed by atoms with Gasteiger partial charge in [0, 0.05) is 17.7 Å². The van der Waals surface area contributed by atoms with E-state index >= 15 is 0 Å². The number of nitrogens with one attached hydrogen (secondary N) is 1. The van der Waals surface area contributed by atoms with Crippen LogP contribution in [0.15, 0.2) is 30.5 Å². The maximum absolute atomic E-state index is 5.76. The van der Waals surface area contributed by atoms with E-state index < -0.39 is 0 Å². The van der Waals surface area contributed by atoms with Gasteiger partial charge in [0.05, 0.1) is 11.9 Å². The van der Waals surface area contributed by atoms with Gasteiger partial charge < -0.3 is 11.1 Å². The van der Waals surface area contributed by atoms with Crippen molar-refractivity contribution in [3.05, 3.63) is 41.6 Å². The van der Waals surface area contributed by atoms with Gasteiger partial charge in [-0.25, -0.2) is 4.68 Å². The van der Waals surface area contributed by atoms with Crippen LogP contribution >= 0.6 is 12.2 Å². The molecule has 0 amide bonds. The number of aromatic nitrogens is 2. The smallest absolute Gasteiger partial charge is 0.128 e. The summed E-state index contributed by atoms with van der Waals surface area (Å²) in [6, 6.07) is 8.20. The van der Waals surface area contributed by atoms with Crippen LogP contribution in [0.25, 0.3) is 0 Å². The second-order valence-corrected chi connectivity index (χ2v) is 5.23. The number of thiocarbonyl (C=S) groups is 1. The molecule has 1 aromatic heterocycles. The highest BCUT2D eigenvalue weighted by Gasteiger charge is 2.10. The standard InChI is InChI=1S/C14H18N4S/c1-9(2)18-13(6-7-16-18)17-12-8-10(3)4-5-11(12)14(15)19/h4-9,17H,1-3H3,(H2,15,19). The molecule has 0 atom stereocenters. The SMILES string of the molecule is Cc1ccc(C(N)=S)c(Nc2ccnn2C(C)C)c1. The van der Waals surface area contributed by atoms with E-state index in [9.17, 15) is 0 Å². The molecule has 0 bridgehead atoms. The highest BCUT2D eigenvalue weighted by Crippen LogP contribution is 2.23. The van der Waals surface area contributed by atoms with Gasteiger partial charge in [0.25, 0.3) is 0 Å². The van der Waals surface area contributed by atoms with Gasteiger partial charge in [-0.2, -0.15) is 5.10 Å². The summed E-state index contributed by atoms with van der Waals surface area (Å²) in [4.78, 5) is 0.387. The minimum Gasteiger partial charge on any atom is -0.389 e. The average molecular weight is 274 g/mol. The van der Waals surface area contributed by atoms with Crippen LogP contribution in [0.3, 0.4) is 0 Å². The second kappa shape index (κ2) is 5.40. The fourth-order valence-electron chi connectivity index (χ4n) is 1.94. The number of hydrogen-bond acceptors (Lipinski definition) is 3. The fraction of sp³-hybridized carbons (Fsp3) is 0.286. The first-order valence-electron chi connectivity index (χ1n) is 6.20. The molecule has 0 saturated carbocycles. The molecule has 0 saturated heterocycles. The third-order valence-corrected chi connectivity index (χ3v) is 3.08. The first-order valence-corrected chi connectivity index (χ1v) is 6.61. The van der Waals surface area contributed by atoms with Crippen LogP contribution in [0.2, 0.25) is 0 Å². The first kappa shape index (κ1) is 13.5. The van der Waals surface area contributed by atoms with Crippen molar-refractivity contribution in [1.82, 2.24) is 9.78 Å². The zero-order valence-corrected chi connectivity index (χ0v) is 12.2. The molecule has 0 fully saturated rings. The van der Waals surface area contributed by atoms with Crippen LogP contribution in [-0.4, -0.2) is 14.8 Å². The third kappa shape index (κ3) is 2.93. The second-order valence-electron chi connectivity index (χ2n) is 4.79. The van der Waals surface area contributed by atoms with Crippen molar-refractivity contribution in [2.45, 2.75) is 26.8 Å². The highest BCUT2D eigenvalue weighted by molar-refractivity contribution is 7.80. The maximum Gasteiger partial charge on any atom is 0.128 e. The number of nitrogens with zero attached hydrogens (tertiary/aromatic N) is 2. The Morgan fingerprint density at radius 1 is 1.37 bits per heavy atom. The van der Waals surface area contributed by atoms with Crippen LogP contribution < -0.4 is 11.1 Å². The van der Waals surface area contributed by atoms with Gasteiger partial charge in [-0.1, -0.05) is 18.3 Å². The van der Waals surface area contributed by atoms with Gasteiger partial charge >= 0.3 is 0 Å². The van der Waals surface area contributed by atoms with Gasteiger partial charge in [0.1, 0.15) is 10.8 Å². The zero-order chi connectivity index (χ0) is 14.0. The summed E-state index contributed by atoms with van der Waals surface area (Å²) in [5.74, 6) is 0.929. The lowest BCUT2D eigenvalue weighted by atomic mass is 10.1. The number of hydrogen-bond donors (Lipinski definition) is 2. The molecule has 19 heavy (non-hydrogen) atoms. The van der Waals surface area contributed by atoms with Crippen LogP contribution in [0, 0.1) is 6.92 Å². The van der Waals surface area contributed by atoms with E-state index in [0.29, 0.717) is 4.99 Å². The summed E-state index contributed by atoms with van der Waals surface area (Å²) in [5, 5.41) is 7.66. The molecule has 0 aliphatic carbocycles. The third-order valence-electron chi connectivity index (χ3n) is 2.86. The van der Waals surface area contributed by atoms with Crippen molar-refractivity contribution >= 4 is 28.7 Å². The number of benzene rings is 1. The van der Waals surface area contributed by atoms with E-state index in [-0.39, 0.29) is 6.04 Å². The minimum absolute atomic E-state index is 0.288. The van der Waals surface area contributed by atoms with Gasteiger partial charge in [0.15, 0.2) is 0 Å². The molecule has 100 valence electrons. The van der Waals surface area contributed by atoms with Crippen LogP contribution in [0.5, 0.6) is 0 Å². The van der Waals surface area contributed by atoms with Crippen LogP contribution in [0.1, 0.15) is 31.0 Å². The van der Waals surface area contributed by atoms with Crippen molar-refractivity contribution in [3.63, 3.8) is 0 Å². The first-order chi connectivity index (χ1) is 8.99. The Bertz CT molecular complexity index is 601. The van der Waals surface area contributed by atoms with Crippen molar-refractivity contribution in [2.75, 3.05) is 5.32 Å². The Morgan fingerprint density at radius 2 is 2.11 bits per heavy atom. The molecule has 1 aromatic carbocycles. The molecule has 0 unspecified atom stereocenters. The topological polar surface area (TPSA) is 55.9 Å². The van der Waals surface area contributed by atoms with Crippen LogP contribution in [0.4, 0.5) is 11.5 Å². The predicted molar refractivity (Wildman–Crippen MR) is 83.0 cm³/mol. The number of nitrogens with two attached hydrogens (primary N) is 1. The normalized spacial score (nSPS) is 10.7. The highest BCUT2D eigenvalue weighted by atomic mass is 32.1. The quantitative estimate of drug-likeness (QED) is 0.841. The van der Waals surface area contributed by atoms with E-state index in [1.165, 1.54) is 0 Å². The monoisotopic (exact) mass is 274 g/mol. The molecule has 3 N–H and O–H groups in total. The largest absolute Gasteiger partial charge is 0.389 e. The van der Waals surface area contributed by atoms with E-state index in [4.69, 9.17) is 18.0 Å². The van der Waals surface area contributed by atoms with E-state index in [1.807, 2.05) is 35.9 Å². The summed E-state index contributed by atoms with van der Waals surface area (Å²) in [6.07, 6.45) is 1.78. The van der Waals surface area contributed by atoms with Crippen LogP contribution in [-0.2, 0) is 0 Å². The summed E-state index contributed by atoms with van der Waals surface area (Å²) in [6.45, 7) is 6.21. The van der Waals surface area contributed by atoms with Crippen molar-refractivity contribution < 1.29 is 0 Å². The van der Waals surface area contributed by atoms with Crippen molar-refractivity contribution in [3.8, 4) is 0 Å². The molecule has 2 aromatic rings. The average Bonchev–Trinajstić information content (AvgIpc) is 2.76. The number of anilines is 2. The lowest BCUT2D eigenvalue weighted by Crippen LogP contribution is -2.13. The molecule has 1 heterocycles. The Balaban J connectivity index is 2.40. The van der Waals surface area contributed by atoms with Gasteiger partial charge in [-0.05, 0) is 38.5 Å². The molecule has 2 rings (SSSR count). The lowest BCUT2D eigenvalue weighted by Gasteiger charge is -2.15. The molecule has 0 aliphatic heterocycles. The fourth-order valence-corrected chi connectivity index (χ4v) is 2.12. The van der Waals surface area contributed by atoms with Gasteiger partial charge in [-0.15, -0.1) is 0 Å². The molecular weight excluding hydrogens is 256 g/mol. The number of aryl methyl sites for hydroxylation is 1. The predicted octanol–water partition coefficient (Wildman–Crippen LogP) is 3.15. The molecule has 0 spiro atoms. The van der Waals surface area contributed by atoms with Gasteiger partial charge in [0.2, 0.25) is 0 Å². The molecule has 4 nitrogen and oxygen atoms in total. The van der Waals surface area contributed by atoms with E-state index in [2.05, 4.69) is 24.3 Å². The molecule has 0 radical (unpaired) electrons. The Kier molecular flexibility index (Phi) is 3.85. The van der Waals surface area contributed by atoms with E-state index in [0.717, 1.165) is 22.6 Å². The zero-order valence-electron chi connectivity index (χ0n) is 11.3. The summed E-state index contributed by atoms with van der Waals surface area (Å²) >= 11 is 5.09. The summed E-state index contributed by atoms with van der Waals surface area (Å²) < 4.78 is 1.92. The Hall–Kier alpha value is -1.88. The molecular formula is C14H18N4S. The summed E-state index contributed by atoms with van der Waals surface area (Å²) in [5.41, 5.74) is 8.67. The van der Waals surface area contributed by atoms with Gasteiger partial charge in [-0.3, -0.25) is 0 Å². The minimum atomic E-state index is 0.288. The molecule has 5 heteroatoms. The Labute approximate surface area is 118 Å². The van der Waals surface area contributed by atoms with E-state index in [1.54, 1.807) is 6.20 Å². The maximum atomic E-state index is 5.76.